The number of halogens is 1. The standard InChI is InChI=1S/C13H17ClN2O/c1-9-4-2-3-7-16(9)13(17)11-8-10(15)5-6-12(11)14/h5-6,8-9H,2-4,7,15H2,1H3/t9-/m0/s1. The van der Waals surface area contributed by atoms with Crippen molar-refractivity contribution in [2.45, 2.75) is 32.2 Å². The molecule has 1 aromatic rings. The minimum absolute atomic E-state index is 0.00509. The van der Waals surface area contributed by atoms with Crippen molar-refractivity contribution in [2.24, 2.45) is 0 Å². The second kappa shape index (κ2) is 4.96. The first kappa shape index (κ1) is 12.2. The molecule has 4 heteroatoms. The van der Waals surface area contributed by atoms with Crippen LogP contribution in [0.4, 0.5) is 5.69 Å². The van der Waals surface area contributed by atoms with Gasteiger partial charge in [-0.05, 0) is 44.4 Å². The smallest absolute Gasteiger partial charge is 0.255 e. The summed E-state index contributed by atoms with van der Waals surface area (Å²) in [6.07, 6.45) is 3.32. The van der Waals surface area contributed by atoms with Crippen LogP contribution in [0, 0.1) is 0 Å². The topological polar surface area (TPSA) is 46.3 Å². The number of carbonyl (C=O) groups is 1. The van der Waals surface area contributed by atoms with Gasteiger partial charge in [0.2, 0.25) is 0 Å². The van der Waals surface area contributed by atoms with Gasteiger partial charge in [0.05, 0.1) is 10.6 Å². The van der Waals surface area contributed by atoms with E-state index in [-0.39, 0.29) is 11.9 Å². The van der Waals surface area contributed by atoms with E-state index in [4.69, 9.17) is 17.3 Å². The van der Waals surface area contributed by atoms with Crippen molar-refractivity contribution in [3.63, 3.8) is 0 Å². The highest BCUT2D eigenvalue weighted by Gasteiger charge is 2.25. The molecule has 0 bridgehead atoms. The first-order valence-corrected chi connectivity index (χ1v) is 6.33. The number of amides is 1. The largest absolute Gasteiger partial charge is 0.399 e. The monoisotopic (exact) mass is 252 g/mol. The Morgan fingerprint density at radius 2 is 2.24 bits per heavy atom. The molecule has 0 unspecified atom stereocenters. The highest BCUT2D eigenvalue weighted by Crippen LogP contribution is 2.24. The number of nitrogens with zero attached hydrogens (tertiary/aromatic N) is 1. The molecule has 0 aromatic heterocycles. The molecule has 0 spiro atoms. The summed E-state index contributed by atoms with van der Waals surface area (Å²) in [4.78, 5) is 14.3. The fourth-order valence-electron chi connectivity index (χ4n) is 2.26. The Bertz CT molecular complexity index is 433. The molecule has 1 atom stereocenters. The molecule has 1 heterocycles. The number of nitrogens with two attached hydrogens (primary N) is 1. The number of nitrogen functional groups attached to an aromatic ring is 1. The molecule has 1 aliphatic rings. The number of piperidine rings is 1. The van der Waals surface area contributed by atoms with Crippen LogP contribution in [0.5, 0.6) is 0 Å². The van der Waals surface area contributed by atoms with Gasteiger partial charge in [-0.25, -0.2) is 0 Å². The Kier molecular flexibility index (Phi) is 3.57. The van der Waals surface area contributed by atoms with Crippen LogP contribution in [0.25, 0.3) is 0 Å². The maximum Gasteiger partial charge on any atom is 0.255 e. The number of likely N-dealkylation sites (tertiary alicyclic amines) is 1. The van der Waals surface area contributed by atoms with Gasteiger partial charge in [-0.1, -0.05) is 11.6 Å². The van der Waals surface area contributed by atoms with E-state index >= 15 is 0 Å². The number of hydrogen-bond donors (Lipinski definition) is 1. The summed E-state index contributed by atoms with van der Waals surface area (Å²) in [5, 5.41) is 0.474. The zero-order valence-corrected chi connectivity index (χ0v) is 10.7. The summed E-state index contributed by atoms with van der Waals surface area (Å²) in [6, 6.07) is 5.33. The van der Waals surface area contributed by atoms with E-state index in [9.17, 15) is 4.79 Å². The lowest BCUT2D eigenvalue weighted by Crippen LogP contribution is -2.42. The van der Waals surface area contributed by atoms with Crippen LogP contribution < -0.4 is 5.73 Å². The average molecular weight is 253 g/mol. The van der Waals surface area contributed by atoms with E-state index in [1.165, 1.54) is 6.42 Å². The molecule has 0 radical (unpaired) electrons. The van der Waals surface area contributed by atoms with Crippen molar-refractivity contribution in [1.82, 2.24) is 4.90 Å². The third-order valence-electron chi connectivity index (χ3n) is 3.28. The molecule has 0 aliphatic carbocycles. The Morgan fingerprint density at radius 3 is 2.94 bits per heavy atom. The first-order valence-electron chi connectivity index (χ1n) is 5.95. The average Bonchev–Trinajstić information content (AvgIpc) is 2.32. The Morgan fingerprint density at radius 1 is 1.47 bits per heavy atom. The second-order valence-electron chi connectivity index (χ2n) is 4.58. The maximum atomic E-state index is 12.4. The lowest BCUT2D eigenvalue weighted by molar-refractivity contribution is 0.0636. The summed E-state index contributed by atoms with van der Waals surface area (Å²) < 4.78 is 0. The molecular formula is C13H17ClN2O. The van der Waals surface area contributed by atoms with E-state index in [0.717, 1.165) is 19.4 Å². The van der Waals surface area contributed by atoms with E-state index in [1.807, 2.05) is 4.90 Å². The highest BCUT2D eigenvalue weighted by atomic mass is 35.5. The first-order chi connectivity index (χ1) is 8.09. The van der Waals surface area contributed by atoms with E-state index < -0.39 is 0 Å². The normalized spacial score (nSPS) is 20.4. The summed E-state index contributed by atoms with van der Waals surface area (Å²) in [5.74, 6) is -0.00509. The van der Waals surface area contributed by atoms with Gasteiger partial charge in [-0.3, -0.25) is 4.79 Å². The van der Waals surface area contributed by atoms with Gasteiger partial charge in [-0.15, -0.1) is 0 Å². The van der Waals surface area contributed by atoms with Gasteiger partial charge in [0, 0.05) is 18.3 Å². The molecule has 17 heavy (non-hydrogen) atoms. The SMILES string of the molecule is C[C@H]1CCCCN1C(=O)c1cc(N)ccc1Cl. The Labute approximate surface area is 107 Å². The van der Waals surface area contributed by atoms with Crippen molar-refractivity contribution in [3.8, 4) is 0 Å². The summed E-state index contributed by atoms with van der Waals surface area (Å²) in [7, 11) is 0. The third-order valence-corrected chi connectivity index (χ3v) is 3.61. The van der Waals surface area contributed by atoms with Crippen LogP contribution in [0.15, 0.2) is 18.2 Å². The maximum absolute atomic E-state index is 12.4. The van der Waals surface area contributed by atoms with Gasteiger partial charge in [0.25, 0.3) is 5.91 Å². The molecule has 3 nitrogen and oxygen atoms in total. The van der Waals surface area contributed by atoms with Crippen LogP contribution in [0.2, 0.25) is 5.02 Å². The molecule has 1 fully saturated rings. The van der Waals surface area contributed by atoms with Crippen LogP contribution in [-0.2, 0) is 0 Å². The molecule has 1 saturated heterocycles. The minimum Gasteiger partial charge on any atom is -0.399 e. The molecule has 1 aliphatic heterocycles. The number of carbonyl (C=O) groups excluding carboxylic acids is 1. The van der Waals surface area contributed by atoms with Crippen LogP contribution in [0.1, 0.15) is 36.5 Å². The van der Waals surface area contributed by atoms with Crippen LogP contribution in [-0.4, -0.2) is 23.4 Å². The van der Waals surface area contributed by atoms with Gasteiger partial charge in [0.1, 0.15) is 0 Å². The number of anilines is 1. The summed E-state index contributed by atoms with van der Waals surface area (Å²) in [5.41, 5.74) is 6.79. The number of hydrogen-bond acceptors (Lipinski definition) is 2. The number of rotatable bonds is 1. The molecule has 92 valence electrons. The molecule has 2 rings (SSSR count). The number of benzene rings is 1. The predicted octanol–water partition coefficient (Wildman–Crippen LogP) is 2.94. The molecule has 1 amide bonds. The summed E-state index contributed by atoms with van der Waals surface area (Å²) >= 11 is 6.05. The lowest BCUT2D eigenvalue weighted by Gasteiger charge is -2.33. The highest BCUT2D eigenvalue weighted by molar-refractivity contribution is 6.34. The zero-order chi connectivity index (χ0) is 12.4. The van der Waals surface area contributed by atoms with E-state index in [1.54, 1.807) is 18.2 Å². The van der Waals surface area contributed by atoms with Crippen molar-refractivity contribution in [3.05, 3.63) is 28.8 Å². The summed E-state index contributed by atoms with van der Waals surface area (Å²) in [6.45, 7) is 2.89. The van der Waals surface area contributed by atoms with Crippen molar-refractivity contribution >= 4 is 23.2 Å². The van der Waals surface area contributed by atoms with Crippen molar-refractivity contribution in [2.75, 3.05) is 12.3 Å². The molecule has 2 N–H and O–H groups in total. The van der Waals surface area contributed by atoms with Crippen LogP contribution >= 0.6 is 11.6 Å². The fourth-order valence-corrected chi connectivity index (χ4v) is 2.46. The van der Waals surface area contributed by atoms with Crippen molar-refractivity contribution < 1.29 is 4.79 Å². The minimum atomic E-state index is -0.00509. The zero-order valence-electron chi connectivity index (χ0n) is 9.95. The van der Waals surface area contributed by atoms with Crippen LogP contribution in [0.3, 0.4) is 0 Å². The van der Waals surface area contributed by atoms with Gasteiger partial charge < -0.3 is 10.6 Å². The quantitative estimate of drug-likeness (QED) is 0.781. The van der Waals surface area contributed by atoms with E-state index in [0.29, 0.717) is 16.3 Å². The Balaban J connectivity index is 2.26. The van der Waals surface area contributed by atoms with Crippen molar-refractivity contribution in [1.29, 1.82) is 0 Å². The second-order valence-corrected chi connectivity index (χ2v) is 4.99. The van der Waals surface area contributed by atoms with Gasteiger partial charge >= 0.3 is 0 Å². The fraction of sp³-hybridized carbons (Fsp3) is 0.462. The van der Waals surface area contributed by atoms with E-state index in [2.05, 4.69) is 6.92 Å². The Hall–Kier alpha value is -1.22. The predicted molar refractivity (Wildman–Crippen MR) is 70.2 cm³/mol. The van der Waals surface area contributed by atoms with Gasteiger partial charge in [-0.2, -0.15) is 0 Å². The van der Waals surface area contributed by atoms with Gasteiger partial charge in [0.15, 0.2) is 0 Å². The molecule has 1 aromatic carbocycles. The third kappa shape index (κ3) is 2.55. The molecular weight excluding hydrogens is 236 g/mol. The molecule has 0 saturated carbocycles. The lowest BCUT2D eigenvalue weighted by atomic mass is 10.0.